The van der Waals surface area contributed by atoms with E-state index in [1.807, 2.05) is 55.5 Å². The van der Waals surface area contributed by atoms with Crippen LogP contribution in [0.25, 0.3) is 10.9 Å². The number of aromatic nitrogens is 2. The highest BCUT2D eigenvalue weighted by molar-refractivity contribution is 6.00. The zero-order valence-electron chi connectivity index (χ0n) is 15.6. The van der Waals surface area contributed by atoms with E-state index in [1.54, 1.807) is 6.33 Å². The number of carbonyl (C=O) groups excluding carboxylic acids is 1. The number of benzene rings is 2. The summed E-state index contributed by atoms with van der Waals surface area (Å²) in [4.78, 5) is 24.0. The molecule has 4 rings (SSSR count). The van der Waals surface area contributed by atoms with Crippen molar-refractivity contribution in [2.45, 2.75) is 32.2 Å². The van der Waals surface area contributed by atoms with Gasteiger partial charge < -0.3 is 10.2 Å². The fraction of sp³-hybridized carbons (Fsp3) is 0.318. The monoisotopic (exact) mass is 360 g/mol. The fourth-order valence-corrected chi connectivity index (χ4v) is 3.65. The number of rotatable bonds is 4. The smallest absolute Gasteiger partial charge is 0.251 e. The second kappa shape index (κ2) is 7.74. The summed E-state index contributed by atoms with van der Waals surface area (Å²) in [5, 5.41) is 4.03. The lowest BCUT2D eigenvalue weighted by Gasteiger charge is -2.28. The Morgan fingerprint density at radius 3 is 2.59 bits per heavy atom. The number of hydrogen-bond acceptors (Lipinski definition) is 4. The second-order valence-corrected chi connectivity index (χ2v) is 7.08. The average molecular weight is 360 g/mol. The average Bonchev–Trinajstić information content (AvgIpc) is 2.74. The van der Waals surface area contributed by atoms with Crippen molar-refractivity contribution >= 4 is 22.6 Å². The van der Waals surface area contributed by atoms with Gasteiger partial charge in [0.1, 0.15) is 12.1 Å². The molecule has 0 saturated carbocycles. The Morgan fingerprint density at radius 2 is 1.81 bits per heavy atom. The van der Waals surface area contributed by atoms with Crippen LogP contribution in [0.4, 0.5) is 5.82 Å². The first-order valence-electron chi connectivity index (χ1n) is 9.58. The molecule has 1 fully saturated rings. The Labute approximate surface area is 159 Å². The Hall–Kier alpha value is -2.95. The first kappa shape index (κ1) is 17.5. The van der Waals surface area contributed by atoms with Crippen molar-refractivity contribution in [2.24, 2.45) is 0 Å². The van der Waals surface area contributed by atoms with Crippen LogP contribution in [0.2, 0.25) is 0 Å². The molecule has 1 aliphatic rings. The van der Waals surface area contributed by atoms with Crippen LogP contribution < -0.4 is 10.2 Å². The number of anilines is 1. The summed E-state index contributed by atoms with van der Waals surface area (Å²) in [6.45, 7) is 4.01. The van der Waals surface area contributed by atoms with Gasteiger partial charge in [0.2, 0.25) is 0 Å². The van der Waals surface area contributed by atoms with Crippen molar-refractivity contribution in [3.05, 3.63) is 66.0 Å². The van der Waals surface area contributed by atoms with Crippen LogP contribution in [0.3, 0.4) is 0 Å². The highest BCUT2D eigenvalue weighted by Crippen LogP contribution is 2.26. The van der Waals surface area contributed by atoms with E-state index >= 15 is 0 Å². The van der Waals surface area contributed by atoms with E-state index in [1.165, 1.54) is 19.3 Å². The second-order valence-electron chi connectivity index (χ2n) is 7.08. The standard InChI is InChI=1S/C22H24N4O/c1-16(17-8-4-2-5-9-17)25-22(27)18-10-11-20-19(14-18)21(24-15-23-20)26-12-6-3-7-13-26/h2,4-5,8-11,14-16H,3,6-7,12-13H2,1H3,(H,25,27)/t16-/m0/s1. The van der Waals surface area contributed by atoms with Crippen LogP contribution in [0, 0.1) is 0 Å². The van der Waals surface area contributed by atoms with Crippen molar-refractivity contribution in [3.8, 4) is 0 Å². The molecule has 1 atom stereocenters. The minimum atomic E-state index is -0.0818. The van der Waals surface area contributed by atoms with Gasteiger partial charge in [-0.25, -0.2) is 9.97 Å². The SMILES string of the molecule is C[C@H](NC(=O)c1ccc2ncnc(N3CCCCC3)c2c1)c1ccccc1. The third-order valence-corrected chi connectivity index (χ3v) is 5.18. The zero-order valence-corrected chi connectivity index (χ0v) is 15.6. The molecule has 2 aromatic carbocycles. The highest BCUT2D eigenvalue weighted by Gasteiger charge is 2.17. The summed E-state index contributed by atoms with van der Waals surface area (Å²) in [5.41, 5.74) is 2.60. The zero-order chi connectivity index (χ0) is 18.6. The van der Waals surface area contributed by atoms with Gasteiger partial charge in [-0.1, -0.05) is 30.3 Å². The number of piperidine rings is 1. The van der Waals surface area contributed by atoms with Gasteiger partial charge in [-0.2, -0.15) is 0 Å². The Bertz CT molecular complexity index is 935. The van der Waals surface area contributed by atoms with Gasteiger partial charge in [-0.3, -0.25) is 4.79 Å². The van der Waals surface area contributed by atoms with Gasteiger partial charge in [0.15, 0.2) is 0 Å². The molecule has 1 aromatic heterocycles. The number of hydrogen-bond donors (Lipinski definition) is 1. The summed E-state index contributed by atoms with van der Waals surface area (Å²) >= 11 is 0. The maximum atomic E-state index is 12.8. The van der Waals surface area contributed by atoms with E-state index in [0.29, 0.717) is 5.56 Å². The van der Waals surface area contributed by atoms with E-state index in [-0.39, 0.29) is 11.9 Å². The summed E-state index contributed by atoms with van der Waals surface area (Å²) in [6.07, 6.45) is 5.24. The quantitative estimate of drug-likeness (QED) is 0.761. The number of nitrogens with zero attached hydrogens (tertiary/aromatic N) is 3. The van der Waals surface area contributed by atoms with Gasteiger partial charge in [-0.05, 0) is 49.9 Å². The van der Waals surface area contributed by atoms with Crippen LogP contribution in [0.1, 0.15) is 48.1 Å². The normalized spacial score (nSPS) is 15.5. The van der Waals surface area contributed by atoms with Crippen molar-refractivity contribution in [3.63, 3.8) is 0 Å². The molecule has 0 unspecified atom stereocenters. The molecule has 0 radical (unpaired) electrons. The predicted molar refractivity (Wildman–Crippen MR) is 108 cm³/mol. The maximum absolute atomic E-state index is 12.8. The van der Waals surface area contributed by atoms with Crippen molar-refractivity contribution in [2.75, 3.05) is 18.0 Å². The molecule has 27 heavy (non-hydrogen) atoms. The maximum Gasteiger partial charge on any atom is 0.251 e. The minimum Gasteiger partial charge on any atom is -0.356 e. The predicted octanol–water partition coefficient (Wildman–Crippen LogP) is 4.11. The van der Waals surface area contributed by atoms with E-state index in [4.69, 9.17) is 0 Å². The summed E-state index contributed by atoms with van der Waals surface area (Å²) < 4.78 is 0. The molecule has 1 saturated heterocycles. The van der Waals surface area contributed by atoms with Crippen molar-refractivity contribution < 1.29 is 4.79 Å². The first-order valence-corrected chi connectivity index (χ1v) is 9.58. The van der Waals surface area contributed by atoms with Gasteiger partial charge in [0, 0.05) is 24.0 Å². The van der Waals surface area contributed by atoms with Crippen LogP contribution in [-0.4, -0.2) is 29.0 Å². The van der Waals surface area contributed by atoms with Gasteiger partial charge in [0.05, 0.1) is 11.6 Å². The van der Waals surface area contributed by atoms with E-state index in [0.717, 1.165) is 35.4 Å². The lowest BCUT2D eigenvalue weighted by Crippen LogP contribution is -2.30. The molecule has 5 heteroatoms. The molecule has 3 aromatic rings. The van der Waals surface area contributed by atoms with Crippen molar-refractivity contribution in [1.82, 2.24) is 15.3 Å². The number of carbonyl (C=O) groups is 1. The third-order valence-electron chi connectivity index (χ3n) is 5.18. The molecule has 0 spiro atoms. The van der Waals surface area contributed by atoms with Crippen LogP contribution in [0.15, 0.2) is 54.9 Å². The fourth-order valence-electron chi connectivity index (χ4n) is 3.65. The lowest BCUT2D eigenvalue weighted by atomic mass is 10.1. The molecule has 0 bridgehead atoms. The Morgan fingerprint density at radius 1 is 1.04 bits per heavy atom. The molecular formula is C22H24N4O. The Kier molecular flexibility index (Phi) is 5.01. The van der Waals surface area contributed by atoms with Crippen molar-refractivity contribution in [1.29, 1.82) is 0 Å². The van der Waals surface area contributed by atoms with E-state index < -0.39 is 0 Å². The number of fused-ring (bicyclic) bond motifs is 1. The summed E-state index contributed by atoms with van der Waals surface area (Å²) in [6, 6.07) is 15.6. The number of amides is 1. The molecule has 1 aliphatic heterocycles. The van der Waals surface area contributed by atoms with Crippen LogP contribution in [0.5, 0.6) is 0 Å². The third kappa shape index (κ3) is 3.77. The lowest BCUT2D eigenvalue weighted by molar-refractivity contribution is 0.0940. The minimum absolute atomic E-state index is 0.0528. The molecule has 138 valence electrons. The number of nitrogens with one attached hydrogen (secondary N) is 1. The van der Waals surface area contributed by atoms with Crippen LogP contribution in [-0.2, 0) is 0 Å². The molecule has 2 heterocycles. The topological polar surface area (TPSA) is 58.1 Å². The summed E-state index contributed by atoms with van der Waals surface area (Å²) in [7, 11) is 0. The molecule has 0 aliphatic carbocycles. The largest absolute Gasteiger partial charge is 0.356 e. The van der Waals surface area contributed by atoms with E-state index in [9.17, 15) is 4.79 Å². The van der Waals surface area contributed by atoms with Gasteiger partial charge in [-0.15, -0.1) is 0 Å². The molecule has 1 amide bonds. The van der Waals surface area contributed by atoms with Crippen LogP contribution >= 0.6 is 0 Å². The van der Waals surface area contributed by atoms with Gasteiger partial charge >= 0.3 is 0 Å². The van der Waals surface area contributed by atoms with E-state index in [2.05, 4.69) is 20.2 Å². The Balaban J connectivity index is 1.61. The molecular weight excluding hydrogens is 336 g/mol. The van der Waals surface area contributed by atoms with Gasteiger partial charge in [0.25, 0.3) is 5.91 Å². The molecule has 1 N–H and O–H groups in total. The first-order chi connectivity index (χ1) is 13.2. The molecule has 5 nitrogen and oxygen atoms in total. The highest BCUT2D eigenvalue weighted by atomic mass is 16.1. The summed E-state index contributed by atoms with van der Waals surface area (Å²) in [5.74, 6) is 0.854.